The monoisotopic (exact) mass is 227 g/mol. The third-order valence-corrected chi connectivity index (χ3v) is 2.75. The number of ether oxygens (including phenoxy) is 1. The van der Waals surface area contributed by atoms with E-state index in [1.54, 1.807) is 7.11 Å². The number of benzene rings is 1. The summed E-state index contributed by atoms with van der Waals surface area (Å²) >= 11 is 6.04. The molecule has 0 aliphatic carbocycles. The molecule has 15 heavy (non-hydrogen) atoms. The van der Waals surface area contributed by atoms with Crippen LogP contribution in [0.4, 0.5) is 5.69 Å². The second kappa shape index (κ2) is 5.99. The van der Waals surface area contributed by atoms with E-state index in [4.69, 9.17) is 16.3 Å². The molecule has 0 saturated heterocycles. The fourth-order valence-corrected chi connectivity index (χ4v) is 1.51. The van der Waals surface area contributed by atoms with Crippen LogP contribution in [0.2, 0.25) is 5.02 Å². The van der Waals surface area contributed by atoms with E-state index in [1.807, 2.05) is 25.1 Å². The summed E-state index contributed by atoms with van der Waals surface area (Å²) in [5, 5.41) is 4.18. The summed E-state index contributed by atoms with van der Waals surface area (Å²) in [6.45, 7) is 4.90. The molecule has 0 spiro atoms. The second-order valence-corrected chi connectivity index (χ2v) is 4.20. The van der Waals surface area contributed by atoms with Crippen molar-refractivity contribution in [2.75, 3.05) is 19.0 Å². The third kappa shape index (κ3) is 4.10. The Balaban J connectivity index is 2.53. The van der Waals surface area contributed by atoms with Crippen LogP contribution in [0.5, 0.6) is 0 Å². The molecule has 3 heteroatoms. The summed E-state index contributed by atoms with van der Waals surface area (Å²) in [5.74, 6) is 0. The highest BCUT2D eigenvalue weighted by molar-refractivity contribution is 6.31. The highest BCUT2D eigenvalue weighted by Gasteiger charge is 2.02. The molecule has 1 N–H and O–H groups in total. The highest BCUT2D eigenvalue weighted by Crippen LogP contribution is 2.20. The SMILES string of the molecule is COCCC(C)Nc1ccc(C)c(Cl)c1. The topological polar surface area (TPSA) is 21.3 Å². The van der Waals surface area contributed by atoms with Crippen molar-refractivity contribution in [1.82, 2.24) is 0 Å². The van der Waals surface area contributed by atoms with E-state index in [-0.39, 0.29) is 0 Å². The molecule has 1 aromatic rings. The highest BCUT2D eigenvalue weighted by atomic mass is 35.5. The van der Waals surface area contributed by atoms with Crippen molar-refractivity contribution >= 4 is 17.3 Å². The van der Waals surface area contributed by atoms with Crippen LogP contribution < -0.4 is 5.32 Å². The largest absolute Gasteiger partial charge is 0.385 e. The lowest BCUT2D eigenvalue weighted by atomic mass is 10.2. The number of rotatable bonds is 5. The van der Waals surface area contributed by atoms with Gasteiger partial charge in [-0.25, -0.2) is 0 Å². The lowest BCUT2D eigenvalue weighted by Crippen LogP contribution is -2.17. The first kappa shape index (κ1) is 12.3. The maximum absolute atomic E-state index is 6.04. The summed E-state index contributed by atoms with van der Waals surface area (Å²) in [6, 6.07) is 6.42. The first-order valence-electron chi connectivity index (χ1n) is 5.15. The predicted molar refractivity (Wildman–Crippen MR) is 65.8 cm³/mol. The number of halogens is 1. The minimum Gasteiger partial charge on any atom is -0.385 e. The van der Waals surface area contributed by atoms with Gasteiger partial charge < -0.3 is 10.1 Å². The fourth-order valence-electron chi connectivity index (χ4n) is 1.33. The van der Waals surface area contributed by atoms with Gasteiger partial charge in [0.05, 0.1) is 0 Å². The molecule has 0 amide bonds. The molecule has 0 radical (unpaired) electrons. The molecule has 0 heterocycles. The summed E-state index contributed by atoms with van der Waals surface area (Å²) < 4.78 is 5.03. The summed E-state index contributed by atoms with van der Waals surface area (Å²) in [4.78, 5) is 0. The van der Waals surface area contributed by atoms with Gasteiger partial charge in [0, 0.05) is 30.5 Å². The quantitative estimate of drug-likeness (QED) is 0.832. The van der Waals surface area contributed by atoms with Gasteiger partial charge in [0.2, 0.25) is 0 Å². The van der Waals surface area contributed by atoms with E-state index in [1.165, 1.54) is 0 Å². The van der Waals surface area contributed by atoms with Crippen LogP contribution >= 0.6 is 11.6 Å². The predicted octanol–water partition coefficient (Wildman–Crippen LogP) is 3.49. The zero-order valence-electron chi connectivity index (χ0n) is 9.51. The summed E-state index contributed by atoms with van der Waals surface area (Å²) in [5.41, 5.74) is 2.17. The van der Waals surface area contributed by atoms with E-state index in [0.29, 0.717) is 6.04 Å². The number of aryl methyl sites for hydroxylation is 1. The first-order chi connectivity index (χ1) is 7.13. The van der Waals surface area contributed by atoms with Crippen LogP contribution in [-0.2, 0) is 4.74 Å². The molecule has 1 rings (SSSR count). The lowest BCUT2D eigenvalue weighted by Gasteiger charge is -2.15. The van der Waals surface area contributed by atoms with E-state index in [9.17, 15) is 0 Å². The van der Waals surface area contributed by atoms with Gasteiger partial charge in [0.15, 0.2) is 0 Å². The molecule has 0 bridgehead atoms. The average molecular weight is 228 g/mol. The normalized spacial score (nSPS) is 12.5. The van der Waals surface area contributed by atoms with E-state index >= 15 is 0 Å². The van der Waals surface area contributed by atoms with Gasteiger partial charge in [0.25, 0.3) is 0 Å². The number of hydrogen-bond acceptors (Lipinski definition) is 2. The van der Waals surface area contributed by atoms with Crippen molar-refractivity contribution in [3.05, 3.63) is 28.8 Å². The van der Waals surface area contributed by atoms with Crippen molar-refractivity contribution in [3.8, 4) is 0 Å². The summed E-state index contributed by atoms with van der Waals surface area (Å²) in [7, 11) is 1.72. The van der Waals surface area contributed by atoms with Crippen LogP contribution in [-0.4, -0.2) is 19.8 Å². The van der Waals surface area contributed by atoms with Crippen LogP contribution in [0.15, 0.2) is 18.2 Å². The standard InChI is InChI=1S/C12H18ClNO/c1-9-4-5-11(8-12(9)13)14-10(2)6-7-15-3/h4-5,8,10,14H,6-7H2,1-3H3. The molecule has 1 aromatic carbocycles. The molecule has 1 unspecified atom stereocenters. The summed E-state index contributed by atoms with van der Waals surface area (Å²) in [6.07, 6.45) is 0.988. The molecular weight excluding hydrogens is 210 g/mol. The Morgan fingerprint density at radius 3 is 2.80 bits per heavy atom. The van der Waals surface area contributed by atoms with Crippen LogP contribution in [0.3, 0.4) is 0 Å². The number of nitrogens with one attached hydrogen (secondary N) is 1. The maximum atomic E-state index is 6.04. The maximum Gasteiger partial charge on any atom is 0.0481 e. The molecule has 0 saturated carbocycles. The average Bonchev–Trinajstić information content (AvgIpc) is 2.20. The molecule has 1 atom stereocenters. The zero-order chi connectivity index (χ0) is 11.3. The van der Waals surface area contributed by atoms with Crippen LogP contribution in [0.25, 0.3) is 0 Å². The molecular formula is C12H18ClNO. The van der Waals surface area contributed by atoms with Crippen molar-refractivity contribution < 1.29 is 4.74 Å². The Kier molecular flexibility index (Phi) is 4.92. The molecule has 0 aliphatic rings. The Morgan fingerprint density at radius 2 is 2.20 bits per heavy atom. The van der Waals surface area contributed by atoms with Gasteiger partial charge in [-0.1, -0.05) is 17.7 Å². The van der Waals surface area contributed by atoms with Gasteiger partial charge in [-0.2, -0.15) is 0 Å². The van der Waals surface area contributed by atoms with E-state index in [2.05, 4.69) is 12.2 Å². The molecule has 2 nitrogen and oxygen atoms in total. The molecule has 0 aliphatic heterocycles. The minimum absolute atomic E-state index is 0.392. The Hall–Kier alpha value is -0.730. The number of methoxy groups -OCH3 is 1. The number of anilines is 1. The van der Waals surface area contributed by atoms with Crippen molar-refractivity contribution in [2.45, 2.75) is 26.3 Å². The van der Waals surface area contributed by atoms with Crippen molar-refractivity contribution in [3.63, 3.8) is 0 Å². The van der Waals surface area contributed by atoms with Crippen LogP contribution in [0.1, 0.15) is 18.9 Å². The smallest absolute Gasteiger partial charge is 0.0481 e. The van der Waals surface area contributed by atoms with Gasteiger partial charge in [-0.15, -0.1) is 0 Å². The molecule has 0 fully saturated rings. The van der Waals surface area contributed by atoms with E-state index < -0.39 is 0 Å². The Labute approximate surface area is 96.6 Å². The Morgan fingerprint density at radius 1 is 1.47 bits per heavy atom. The third-order valence-electron chi connectivity index (χ3n) is 2.34. The van der Waals surface area contributed by atoms with Gasteiger partial charge >= 0.3 is 0 Å². The van der Waals surface area contributed by atoms with Gasteiger partial charge in [0.1, 0.15) is 0 Å². The van der Waals surface area contributed by atoms with Crippen LogP contribution in [0, 0.1) is 6.92 Å². The first-order valence-corrected chi connectivity index (χ1v) is 5.53. The van der Waals surface area contributed by atoms with Crippen molar-refractivity contribution in [2.24, 2.45) is 0 Å². The lowest BCUT2D eigenvalue weighted by molar-refractivity contribution is 0.191. The molecule has 84 valence electrons. The molecule has 0 aromatic heterocycles. The number of hydrogen-bond donors (Lipinski definition) is 1. The van der Waals surface area contributed by atoms with Crippen molar-refractivity contribution in [1.29, 1.82) is 0 Å². The van der Waals surface area contributed by atoms with Gasteiger partial charge in [-0.3, -0.25) is 0 Å². The second-order valence-electron chi connectivity index (χ2n) is 3.79. The fraction of sp³-hybridized carbons (Fsp3) is 0.500. The van der Waals surface area contributed by atoms with E-state index in [0.717, 1.165) is 29.3 Å². The zero-order valence-corrected chi connectivity index (χ0v) is 10.3. The minimum atomic E-state index is 0.392. The Bertz CT molecular complexity index is 314. The van der Waals surface area contributed by atoms with Gasteiger partial charge in [-0.05, 0) is 38.0 Å².